The predicted molar refractivity (Wildman–Crippen MR) is 142 cm³/mol. The van der Waals surface area contributed by atoms with Gasteiger partial charge in [-0.1, -0.05) is 54.4 Å². The van der Waals surface area contributed by atoms with Crippen LogP contribution < -0.4 is 9.62 Å². The second-order valence-electron chi connectivity index (χ2n) is 8.53. The van der Waals surface area contributed by atoms with Crippen molar-refractivity contribution >= 4 is 50.7 Å². The quantitative estimate of drug-likeness (QED) is 0.415. The second kappa shape index (κ2) is 13.1. The fraction of sp³-hybridized carbons (Fsp3) is 0.440. The summed E-state index contributed by atoms with van der Waals surface area (Å²) in [5.74, 6) is -0.521. The Labute approximate surface area is 218 Å². The van der Waals surface area contributed by atoms with E-state index in [2.05, 4.69) is 5.32 Å². The Morgan fingerprint density at radius 1 is 1.06 bits per heavy atom. The van der Waals surface area contributed by atoms with Gasteiger partial charge in [0.15, 0.2) is 0 Å². The van der Waals surface area contributed by atoms with Crippen LogP contribution >= 0.6 is 23.2 Å². The minimum atomic E-state index is -3.59. The molecular formula is C25H33Cl2N3O4S. The highest BCUT2D eigenvalue weighted by Gasteiger charge is 2.27. The molecule has 0 fully saturated rings. The molecule has 0 aliphatic rings. The number of rotatable bonds is 12. The van der Waals surface area contributed by atoms with E-state index in [1.165, 1.54) is 9.21 Å². The number of nitrogens with zero attached hydrogens (tertiary/aromatic N) is 2. The summed E-state index contributed by atoms with van der Waals surface area (Å²) in [6.45, 7) is 5.81. The number of amides is 2. The van der Waals surface area contributed by atoms with E-state index in [-0.39, 0.29) is 43.8 Å². The van der Waals surface area contributed by atoms with E-state index in [1.54, 1.807) is 43.3 Å². The molecule has 2 rings (SSSR count). The normalized spacial score (nSPS) is 13.1. The molecule has 0 aliphatic heterocycles. The summed E-state index contributed by atoms with van der Waals surface area (Å²) in [7, 11) is -3.59. The first-order valence-electron chi connectivity index (χ1n) is 11.5. The monoisotopic (exact) mass is 541 g/mol. The van der Waals surface area contributed by atoms with Gasteiger partial charge in [0.2, 0.25) is 21.8 Å². The van der Waals surface area contributed by atoms with Gasteiger partial charge in [-0.2, -0.15) is 0 Å². The first-order chi connectivity index (χ1) is 16.4. The molecule has 0 heterocycles. The molecule has 0 aromatic heterocycles. The van der Waals surface area contributed by atoms with E-state index in [4.69, 9.17) is 23.2 Å². The van der Waals surface area contributed by atoms with Crippen molar-refractivity contribution in [2.45, 2.75) is 58.7 Å². The van der Waals surface area contributed by atoms with Gasteiger partial charge in [0.05, 0.1) is 11.9 Å². The molecule has 0 unspecified atom stereocenters. The van der Waals surface area contributed by atoms with Crippen LogP contribution in [-0.2, 0) is 26.2 Å². The highest BCUT2D eigenvalue weighted by molar-refractivity contribution is 7.92. The summed E-state index contributed by atoms with van der Waals surface area (Å²) >= 11 is 12.4. The lowest BCUT2D eigenvalue weighted by atomic mass is 10.1. The molecular weight excluding hydrogens is 509 g/mol. The number of sulfonamides is 1. The van der Waals surface area contributed by atoms with Gasteiger partial charge in [0.25, 0.3) is 0 Å². The Balaban J connectivity index is 2.19. The zero-order valence-electron chi connectivity index (χ0n) is 20.5. The zero-order chi connectivity index (χ0) is 26.2. The van der Waals surface area contributed by atoms with E-state index in [0.717, 1.165) is 18.2 Å². The highest BCUT2D eigenvalue weighted by atomic mass is 35.5. The van der Waals surface area contributed by atoms with Crippen LogP contribution in [0.4, 0.5) is 5.69 Å². The number of anilines is 1. The average molecular weight is 543 g/mol. The van der Waals surface area contributed by atoms with Crippen molar-refractivity contribution in [1.29, 1.82) is 0 Å². The van der Waals surface area contributed by atoms with Crippen LogP contribution in [0.3, 0.4) is 0 Å². The minimum absolute atomic E-state index is 0.0248. The van der Waals surface area contributed by atoms with Gasteiger partial charge in [0, 0.05) is 35.6 Å². The number of carbonyl (C=O) groups excluding carboxylic acids is 2. The number of hydrogen-bond acceptors (Lipinski definition) is 4. The van der Waals surface area contributed by atoms with Crippen LogP contribution in [0.2, 0.25) is 10.0 Å². The lowest BCUT2D eigenvalue weighted by Gasteiger charge is -2.30. The predicted octanol–water partition coefficient (Wildman–Crippen LogP) is 4.87. The summed E-state index contributed by atoms with van der Waals surface area (Å²) in [5, 5.41) is 3.84. The van der Waals surface area contributed by atoms with E-state index >= 15 is 0 Å². The third kappa shape index (κ3) is 8.70. The standard InChI is InChI=1S/C25H33Cl2N3O4S/c1-5-18(2)28-25(32)19(3)29(17-20-10-6-7-13-23(20)27)24(31)14-9-15-30(35(4,33)34)22-12-8-11-21(26)16-22/h6-8,10-13,16,18-19H,5,9,14-15,17H2,1-4H3,(H,28,32)/t18-,19-/m0/s1. The van der Waals surface area contributed by atoms with Gasteiger partial charge in [-0.05, 0) is 56.5 Å². The maximum Gasteiger partial charge on any atom is 0.242 e. The molecule has 2 aromatic carbocycles. The SMILES string of the molecule is CC[C@H](C)NC(=O)[C@H](C)N(Cc1ccccc1Cl)C(=O)CCCN(c1cccc(Cl)c1)S(C)(=O)=O. The summed E-state index contributed by atoms with van der Waals surface area (Å²) < 4.78 is 26.0. The number of hydrogen-bond donors (Lipinski definition) is 1. The lowest BCUT2D eigenvalue weighted by molar-refractivity contribution is -0.140. The lowest BCUT2D eigenvalue weighted by Crippen LogP contribution is -2.49. The number of nitrogens with one attached hydrogen (secondary N) is 1. The topological polar surface area (TPSA) is 86.8 Å². The number of halogens is 2. The molecule has 2 atom stereocenters. The average Bonchev–Trinajstić information content (AvgIpc) is 2.79. The first-order valence-corrected chi connectivity index (χ1v) is 14.1. The van der Waals surface area contributed by atoms with Gasteiger partial charge in [-0.15, -0.1) is 0 Å². The smallest absolute Gasteiger partial charge is 0.242 e. The molecule has 0 radical (unpaired) electrons. The van der Waals surface area contributed by atoms with Crippen molar-refractivity contribution in [3.63, 3.8) is 0 Å². The van der Waals surface area contributed by atoms with Crippen LogP contribution in [0, 0.1) is 0 Å². The Bertz CT molecular complexity index is 1130. The maximum absolute atomic E-state index is 13.3. The van der Waals surface area contributed by atoms with Crippen LogP contribution in [0.25, 0.3) is 0 Å². The van der Waals surface area contributed by atoms with E-state index in [9.17, 15) is 18.0 Å². The molecule has 0 saturated heterocycles. The molecule has 0 aliphatic carbocycles. The molecule has 192 valence electrons. The van der Waals surface area contributed by atoms with Crippen molar-refractivity contribution in [3.05, 3.63) is 64.1 Å². The zero-order valence-corrected chi connectivity index (χ0v) is 22.8. The summed E-state index contributed by atoms with van der Waals surface area (Å²) in [4.78, 5) is 27.6. The van der Waals surface area contributed by atoms with E-state index in [0.29, 0.717) is 15.7 Å². The van der Waals surface area contributed by atoms with Gasteiger partial charge in [0.1, 0.15) is 6.04 Å². The summed E-state index contributed by atoms with van der Waals surface area (Å²) in [6, 6.07) is 13.0. The third-order valence-electron chi connectivity index (χ3n) is 5.72. The van der Waals surface area contributed by atoms with Crippen molar-refractivity contribution in [2.75, 3.05) is 17.1 Å². The molecule has 35 heavy (non-hydrogen) atoms. The van der Waals surface area contributed by atoms with Crippen LogP contribution in [0.15, 0.2) is 48.5 Å². The van der Waals surface area contributed by atoms with Crippen molar-refractivity contribution in [3.8, 4) is 0 Å². The molecule has 0 bridgehead atoms. The number of benzene rings is 2. The fourth-order valence-corrected chi connectivity index (χ4v) is 4.83. The summed E-state index contributed by atoms with van der Waals surface area (Å²) in [5.41, 5.74) is 1.16. The summed E-state index contributed by atoms with van der Waals surface area (Å²) in [6.07, 6.45) is 2.19. The number of carbonyl (C=O) groups is 2. The molecule has 1 N–H and O–H groups in total. The third-order valence-corrected chi connectivity index (χ3v) is 7.51. The van der Waals surface area contributed by atoms with Crippen molar-refractivity contribution < 1.29 is 18.0 Å². The van der Waals surface area contributed by atoms with Crippen LogP contribution in [0.5, 0.6) is 0 Å². The van der Waals surface area contributed by atoms with Gasteiger partial charge in [-0.25, -0.2) is 8.42 Å². The second-order valence-corrected chi connectivity index (χ2v) is 11.3. The van der Waals surface area contributed by atoms with Crippen LogP contribution in [0.1, 0.15) is 45.6 Å². The van der Waals surface area contributed by atoms with E-state index < -0.39 is 16.1 Å². The molecule has 2 aromatic rings. The largest absolute Gasteiger partial charge is 0.352 e. The molecule has 10 heteroatoms. The maximum atomic E-state index is 13.3. The van der Waals surface area contributed by atoms with Crippen LogP contribution in [-0.4, -0.2) is 50.0 Å². The minimum Gasteiger partial charge on any atom is -0.352 e. The Morgan fingerprint density at radius 3 is 2.34 bits per heavy atom. The molecule has 7 nitrogen and oxygen atoms in total. The highest BCUT2D eigenvalue weighted by Crippen LogP contribution is 2.23. The van der Waals surface area contributed by atoms with Gasteiger partial charge < -0.3 is 10.2 Å². The first kappa shape index (κ1) is 28.9. The van der Waals surface area contributed by atoms with Crippen molar-refractivity contribution in [1.82, 2.24) is 10.2 Å². The van der Waals surface area contributed by atoms with Gasteiger partial charge in [-0.3, -0.25) is 13.9 Å². The van der Waals surface area contributed by atoms with Gasteiger partial charge >= 0.3 is 0 Å². The molecule has 2 amide bonds. The Hall–Kier alpha value is -2.29. The van der Waals surface area contributed by atoms with E-state index in [1.807, 2.05) is 26.0 Å². The van der Waals surface area contributed by atoms with Crippen molar-refractivity contribution in [2.24, 2.45) is 0 Å². The Morgan fingerprint density at radius 2 is 1.74 bits per heavy atom. The molecule has 0 spiro atoms. The fourth-order valence-electron chi connectivity index (χ4n) is 3.49. The Kier molecular flexibility index (Phi) is 10.9. The molecule has 0 saturated carbocycles.